The molecule has 3 rings (SSSR count). The lowest BCUT2D eigenvalue weighted by atomic mass is 9.89. The molecule has 0 aromatic carbocycles. The highest BCUT2D eigenvalue weighted by atomic mass is 32.1. The fourth-order valence-electron chi connectivity index (χ4n) is 3.23. The van der Waals surface area contributed by atoms with E-state index in [-0.39, 0.29) is 24.4 Å². The molecule has 0 spiro atoms. The van der Waals surface area contributed by atoms with Crippen molar-refractivity contribution in [3.8, 4) is 0 Å². The topological polar surface area (TPSA) is 101 Å². The van der Waals surface area contributed by atoms with Gasteiger partial charge in [-0.2, -0.15) is 0 Å². The number of nitrogens with one attached hydrogen (secondary N) is 2. The predicted octanol–water partition coefficient (Wildman–Crippen LogP) is 1.89. The van der Waals surface area contributed by atoms with Gasteiger partial charge in [0.25, 0.3) is 5.56 Å². The maximum Gasteiger partial charge on any atom is 0.330 e. The van der Waals surface area contributed by atoms with E-state index in [1.54, 1.807) is 11.3 Å². The second-order valence-corrected chi connectivity index (χ2v) is 7.86. The molecular formula is C19H23N3O4S. The molecule has 2 aromatic heterocycles. The van der Waals surface area contributed by atoms with Gasteiger partial charge in [-0.1, -0.05) is 13.0 Å². The first-order valence-corrected chi connectivity index (χ1v) is 9.84. The molecule has 0 aliphatic heterocycles. The molecule has 1 amide bonds. The van der Waals surface area contributed by atoms with Crippen LogP contribution in [0.15, 0.2) is 16.9 Å². The zero-order chi connectivity index (χ0) is 19.4. The first-order chi connectivity index (χ1) is 13.0. The van der Waals surface area contributed by atoms with Crippen molar-refractivity contribution in [2.24, 2.45) is 5.92 Å². The van der Waals surface area contributed by atoms with Gasteiger partial charge < -0.3 is 15.0 Å². The molecule has 1 aliphatic rings. The largest absolute Gasteiger partial charge is 0.466 e. The van der Waals surface area contributed by atoms with Gasteiger partial charge in [-0.3, -0.25) is 9.59 Å². The third kappa shape index (κ3) is 4.63. The molecule has 2 heterocycles. The number of aromatic amines is 1. The number of carbonyl (C=O) groups is 2. The Morgan fingerprint density at radius 3 is 3.04 bits per heavy atom. The number of methoxy groups -OCH3 is 1. The smallest absolute Gasteiger partial charge is 0.330 e. The van der Waals surface area contributed by atoms with Gasteiger partial charge >= 0.3 is 5.97 Å². The minimum atomic E-state index is -0.465. The summed E-state index contributed by atoms with van der Waals surface area (Å²) in [5, 5.41) is 3.40. The van der Waals surface area contributed by atoms with Crippen LogP contribution in [0.2, 0.25) is 0 Å². The number of aromatic nitrogens is 2. The summed E-state index contributed by atoms with van der Waals surface area (Å²) in [5.74, 6) is 0.527. The Morgan fingerprint density at radius 2 is 2.26 bits per heavy atom. The van der Waals surface area contributed by atoms with Crippen LogP contribution in [0.25, 0.3) is 10.2 Å². The van der Waals surface area contributed by atoms with E-state index in [0.29, 0.717) is 18.2 Å². The molecule has 0 saturated carbocycles. The summed E-state index contributed by atoms with van der Waals surface area (Å²) in [7, 11) is 1.29. The quantitative estimate of drug-likeness (QED) is 0.580. The van der Waals surface area contributed by atoms with Crippen LogP contribution in [-0.2, 0) is 33.6 Å². The third-order valence-electron chi connectivity index (χ3n) is 4.68. The molecule has 1 unspecified atom stereocenters. The lowest BCUT2D eigenvalue weighted by Crippen LogP contribution is -2.24. The lowest BCUT2D eigenvalue weighted by Gasteiger charge is -2.17. The van der Waals surface area contributed by atoms with Crippen molar-refractivity contribution in [2.45, 2.75) is 39.0 Å². The van der Waals surface area contributed by atoms with Crippen LogP contribution < -0.4 is 10.9 Å². The van der Waals surface area contributed by atoms with Crippen LogP contribution in [0.4, 0.5) is 0 Å². The molecule has 0 fully saturated rings. The van der Waals surface area contributed by atoms with Crippen molar-refractivity contribution in [1.29, 1.82) is 0 Å². The van der Waals surface area contributed by atoms with E-state index in [4.69, 9.17) is 0 Å². The summed E-state index contributed by atoms with van der Waals surface area (Å²) in [5.41, 5.74) is 1.05. The van der Waals surface area contributed by atoms with Crippen molar-refractivity contribution in [1.82, 2.24) is 15.3 Å². The SMILES string of the molecule is COC(=O)/C=C/CNC(=O)CCc1nc2sc3c(c2c(=O)[nH]1)CCC(C)C3. The second kappa shape index (κ2) is 8.47. The van der Waals surface area contributed by atoms with Crippen molar-refractivity contribution in [3.63, 3.8) is 0 Å². The Kier molecular flexibility index (Phi) is 6.05. The molecule has 7 nitrogen and oxygen atoms in total. The molecule has 0 saturated heterocycles. The van der Waals surface area contributed by atoms with Gasteiger partial charge in [-0.05, 0) is 30.7 Å². The van der Waals surface area contributed by atoms with E-state index in [1.807, 2.05) is 0 Å². The molecule has 0 bridgehead atoms. The summed E-state index contributed by atoms with van der Waals surface area (Å²) in [6.45, 7) is 2.47. The maximum atomic E-state index is 12.5. The van der Waals surface area contributed by atoms with Crippen LogP contribution in [0.1, 0.15) is 36.0 Å². The number of fused-ring (bicyclic) bond motifs is 3. The number of nitrogens with zero attached hydrogens (tertiary/aromatic N) is 1. The van der Waals surface area contributed by atoms with Gasteiger partial charge in [0.1, 0.15) is 10.7 Å². The van der Waals surface area contributed by atoms with Crippen molar-refractivity contribution >= 4 is 33.4 Å². The van der Waals surface area contributed by atoms with Crippen molar-refractivity contribution in [3.05, 3.63) is 38.8 Å². The molecule has 144 valence electrons. The van der Waals surface area contributed by atoms with E-state index in [1.165, 1.54) is 24.1 Å². The van der Waals surface area contributed by atoms with E-state index in [9.17, 15) is 14.4 Å². The molecule has 0 radical (unpaired) electrons. The van der Waals surface area contributed by atoms with Crippen LogP contribution in [0, 0.1) is 5.92 Å². The molecule has 8 heteroatoms. The lowest BCUT2D eigenvalue weighted by molar-refractivity contribution is -0.134. The predicted molar refractivity (Wildman–Crippen MR) is 104 cm³/mol. The number of rotatable bonds is 6. The van der Waals surface area contributed by atoms with Crippen LogP contribution in [0.3, 0.4) is 0 Å². The number of hydrogen-bond donors (Lipinski definition) is 2. The molecule has 1 aliphatic carbocycles. The number of ether oxygens (including phenoxy) is 1. The van der Waals surface area contributed by atoms with Gasteiger partial charge in [0, 0.05) is 30.3 Å². The molecule has 27 heavy (non-hydrogen) atoms. The van der Waals surface area contributed by atoms with Gasteiger partial charge in [-0.25, -0.2) is 9.78 Å². The number of thiophene rings is 1. The highest BCUT2D eigenvalue weighted by Gasteiger charge is 2.23. The summed E-state index contributed by atoms with van der Waals surface area (Å²) in [6.07, 6.45) is 6.39. The molecular weight excluding hydrogens is 366 g/mol. The maximum absolute atomic E-state index is 12.5. The number of hydrogen-bond acceptors (Lipinski definition) is 6. The molecule has 1 atom stereocenters. The normalized spacial score (nSPS) is 16.4. The minimum Gasteiger partial charge on any atom is -0.466 e. The summed E-state index contributed by atoms with van der Waals surface area (Å²) < 4.78 is 4.47. The van der Waals surface area contributed by atoms with E-state index >= 15 is 0 Å². The standard InChI is InChI=1S/C19H23N3O4S/c1-11-5-6-12-13(10-11)27-19-17(12)18(25)21-14(22-19)7-8-15(23)20-9-3-4-16(24)26-2/h3-4,11H,5-10H2,1-2H3,(H,20,23)(H,21,22,25)/b4-3+. The third-order valence-corrected chi connectivity index (χ3v) is 5.82. The zero-order valence-electron chi connectivity index (χ0n) is 15.5. The Morgan fingerprint density at radius 1 is 1.44 bits per heavy atom. The Bertz CT molecular complexity index is 944. The number of H-pyrrole nitrogens is 1. The average Bonchev–Trinajstić information content (AvgIpc) is 3.00. The van der Waals surface area contributed by atoms with Crippen LogP contribution >= 0.6 is 11.3 Å². The molecule has 2 N–H and O–H groups in total. The van der Waals surface area contributed by atoms with E-state index in [0.717, 1.165) is 35.0 Å². The summed E-state index contributed by atoms with van der Waals surface area (Å²) in [4.78, 5) is 44.8. The van der Waals surface area contributed by atoms with E-state index < -0.39 is 5.97 Å². The Hall–Kier alpha value is -2.48. The first-order valence-electron chi connectivity index (χ1n) is 9.02. The first kappa shape index (κ1) is 19.3. The van der Waals surface area contributed by atoms with Gasteiger partial charge in [0.2, 0.25) is 5.91 Å². The number of aryl methyl sites for hydroxylation is 2. The average molecular weight is 389 g/mol. The fourth-order valence-corrected chi connectivity index (χ4v) is 4.63. The summed E-state index contributed by atoms with van der Waals surface area (Å²) >= 11 is 1.60. The van der Waals surface area contributed by atoms with Crippen molar-refractivity contribution in [2.75, 3.05) is 13.7 Å². The molecule has 2 aromatic rings. The van der Waals surface area contributed by atoms with Gasteiger partial charge in [-0.15, -0.1) is 11.3 Å². The summed E-state index contributed by atoms with van der Waals surface area (Å²) in [6, 6.07) is 0. The fraction of sp³-hybridized carbons (Fsp3) is 0.474. The highest BCUT2D eigenvalue weighted by Crippen LogP contribution is 2.35. The second-order valence-electron chi connectivity index (χ2n) is 6.77. The Balaban J connectivity index is 1.62. The number of esters is 1. The van der Waals surface area contributed by atoms with Crippen molar-refractivity contribution < 1.29 is 14.3 Å². The highest BCUT2D eigenvalue weighted by molar-refractivity contribution is 7.18. The van der Waals surface area contributed by atoms with Crippen LogP contribution in [0.5, 0.6) is 0 Å². The van der Waals surface area contributed by atoms with Gasteiger partial charge in [0.15, 0.2) is 0 Å². The zero-order valence-corrected chi connectivity index (χ0v) is 16.3. The van der Waals surface area contributed by atoms with Crippen LogP contribution in [-0.4, -0.2) is 35.5 Å². The minimum absolute atomic E-state index is 0.108. The Labute approximate surface area is 160 Å². The monoisotopic (exact) mass is 389 g/mol. The van der Waals surface area contributed by atoms with Gasteiger partial charge in [0.05, 0.1) is 12.5 Å². The number of carbonyl (C=O) groups excluding carboxylic acids is 2. The van der Waals surface area contributed by atoms with E-state index in [2.05, 4.69) is 26.9 Å². The number of amides is 1.